The minimum absolute atomic E-state index is 0.0381. The summed E-state index contributed by atoms with van der Waals surface area (Å²) in [7, 11) is -2.16. The van der Waals surface area contributed by atoms with E-state index in [2.05, 4.69) is 4.98 Å². The molecule has 1 aliphatic rings. The van der Waals surface area contributed by atoms with Crippen LogP contribution in [0.15, 0.2) is 76.4 Å². The van der Waals surface area contributed by atoms with Gasteiger partial charge >= 0.3 is 0 Å². The van der Waals surface area contributed by atoms with E-state index in [4.69, 9.17) is 4.74 Å². The summed E-state index contributed by atoms with van der Waals surface area (Å²) in [5, 5.41) is 0. The Kier molecular flexibility index (Phi) is 6.11. The summed E-state index contributed by atoms with van der Waals surface area (Å²) in [6, 6.07) is 18.8. The highest BCUT2D eigenvalue weighted by Gasteiger charge is 2.31. The number of hydrogen-bond acceptors (Lipinski definition) is 5. The van der Waals surface area contributed by atoms with Crippen molar-refractivity contribution in [2.75, 3.05) is 33.3 Å². The number of aromatic amines is 1. The number of ether oxygens (including phenoxy) is 1. The number of aromatic nitrogens is 1. The standard InChI is InChI=1S/C23H23N3O5S/c1-31-18-7-9-19(10-8-18)32(29,30)26-15-13-25(14-16-26)23(28)20-11-12-21(24-22(20)27)17-5-3-2-4-6-17/h2-12H,13-16H2,1H3,(H,24,27). The fourth-order valence-electron chi connectivity index (χ4n) is 3.63. The third-order valence-electron chi connectivity index (χ3n) is 5.45. The molecule has 0 unspecified atom stereocenters. The van der Waals surface area contributed by atoms with Crippen LogP contribution in [0.2, 0.25) is 0 Å². The van der Waals surface area contributed by atoms with Crippen molar-refractivity contribution in [3.63, 3.8) is 0 Å². The van der Waals surface area contributed by atoms with E-state index in [1.54, 1.807) is 18.2 Å². The molecule has 0 bridgehead atoms. The van der Waals surface area contributed by atoms with E-state index in [9.17, 15) is 18.0 Å². The van der Waals surface area contributed by atoms with E-state index in [-0.39, 0.29) is 36.6 Å². The van der Waals surface area contributed by atoms with Gasteiger partial charge in [0.1, 0.15) is 11.3 Å². The first-order valence-electron chi connectivity index (χ1n) is 10.1. The van der Waals surface area contributed by atoms with Crippen molar-refractivity contribution >= 4 is 15.9 Å². The molecule has 4 rings (SSSR count). The van der Waals surface area contributed by atoms with Crippen molar-refractivity contribution in [3.05, 3.63) is 82.6 Å². The van der Waals surface area contributed by atoms with Crippen LogP contribution >= 0.6 is 0 Å². The molecule has 0 saturated carbocycles. The lowest BCUT2D eigenvalue weighted by Crippen LogP contribution is -2.51. The fraction of sp³-hybridized carbons (Fsp3) is 0.217. The number of pyridine rings is 1. The summed E-state index contributed by atoms with van der Waals surface area (Å²) in [6.45, 7) is 0.711. The SMILES string of the molecule is COc1ccc(S(=O)(=O)N2CCN(C(=O)c3ccc(-c4ccccc4)[nH]c3=O)CC2)cc1. The summed E-state index contributed by atoms with van der Waals surface area (Å²) in [6.07, 6.45) is 0. The predicted octanol–water partition coefficient (Wildman–Crippen LogP) is 2.20. The van der Waals surface area contributed by atoms with Crippen molar-refractivity contribution in [2.24, 2.45) is 0 Å². The fourth-order valence-corrected chi connectivity index (χ4v) is 5.05. The van der Waals surface area contributed by atoms with E-state index in [0.717, 1.165) is 5.56 Å². The van der Waals surface area contributed by atoms with Crippen LogP contribution in [0.25, 0.3) is 11.3 Å². The number of sulfonamides is 1. The molecule has 1 fully saturated rings. The van der Waals surface area contributed by atoms with Gasteiger partial charge in [0.2, 0.25) is 10.0 Å². The van der Waals surface area contributed by atoms with Gasteiger partial charge in [-0.2, -0.15) is 4.31 Å². The molecule has 0 aliphatic carbocycles. The molecule has 8 nitrogen and oxygen atoms in total. The van der Waals surface area contributed by atoms with Gasteiger partial charge in [-0.1, -0.05) is 30.3 Å². The maximum absolute atomic E-state index is 12.9. The Labute approximate surface area is 186 Å². The smallest absolute Gasteiger partial charge is 0.261 e. The summed E-state index contributed by atoms with van der Waals surface area (Å²) in [4.78, 5) is 29.9. The van der Waals surface area contributed by atoms with Crippen molar-refractivity contribution in [3.8, 4) is 17.0 Å². The van der Waals surface area contributed by atoms with E-state index < -0.39 is 21.5 Å². The third-order valence-corrected chi connectivity index (χ3v) is 7.36. The van der Waals surface area contributed by atoms with Crippen molar-refractivity contribution < 1.29 is 17.9 Å². The van der Waals surface area contributed by atoms with Crippen LogP contribution < -0.4 is 10.3 Å². The van der Waals surface area contributed by atoms with Gasteiger partial charge in [-0.15, -0.1) is 0 Å². The number of benzene rings is 2. The van der Waals surface area contributed by atoms with Crippen molar-refractivity contribution in [1.82, 2.24) is 14.2 Å². The van der Waals surface area contributed by atoms with Gasteiger partial charge in [0, 0.05) is 31.9 Å². The van der Waals surface area contributed by atoms with Crippen LogP contribution in [-0.4, -0.2) is 61.8 Å². The Morgan fingerprint density at radius 2 is 1.56 bits per heavy atom. The second kappa shape index (κ2) is 8.97. The lowest BCUT2D eigenvalue weighted by atomic mass is 10.1. The summed E-state index contributed by atoms with van der Waals surface area (Å²) < 4.78 is 32.2. The normalized spacial score (nSPS) is 14.8. The van der Waals surface area contributed by atoms with Gasteiger partial charge in [-0.25, -0.2) is 8.42 Å². The average molecular weight is 454 g/mol. The number of rotatable bonds is 5. The van der Waals surface area contributed by atoms with E-state index >= 15 is 0 Å². The summed E-state index contributed by atoms with van der Waals surface area (Å²) in [5.74, 6) is 0.162. The van der Waals surface area contributed by atoms with Crippen LogP contribution in [0.5, 0.6) is 5.75 Å². The molecule has 0 radical (unpaired) electrons. The first-order valence-corrected chi connectivity index (χ1v) is 11.6. The van der Waals surface area contributed by atoms with Gasteiger partial charge in [-0.05, 0) is 42.0 Å². The van der Waals surface area contributed by atoms with Crippen molar-refractivity contribution in [1.29, 1.82) is 0 Å². The second-order valence-corrected chi connectivity index (χ2v) is 9.29. The largest absolute Gasteiger partial charge is 0.497 e. The Bertz CT molecular complexity index is 1260. The molecule has 1 N–H and O–H groups in total. The van der Waals surface area contributed by atoms with Crippen LogP contribution in [0.4, 0.5) is 0 Å². The number of methoxy groups -OCH3 is 1. The molecule has 3 aromatic rings. The first kappa shape index (κ1) is 21.8. The highest BCUT2D eigenvalue weighted by Crippen LogP contribution is 2.21. The molecule has 32 heavy (non-hydrogen) atoms. The lowest BCUT2D eigenvalue weighted by molar-refractivity contribution is 0.0696. The number of carbonyl (C=O) groups excluding carboxylic acids is 1. The van der Waals surface area contributed by atoms with Crippen LogP contribution in [0.1, 0.15) is 10.4 Å². The van der Waals surface area contributed by atoms with E-state index in [0.29, 0.717) is 11.4 Å². The molecule has 166 valence electrons. The highest BCUT2D eigenvalue weighted by atomic mass is 32.2. The van der Waals surface area contributed by atoms with Crippen molar-refractivity contribution in [2.45, 2.75) is 4.90 Å². The number of amides is 1. The molecule has 1 aliphatic heterocycles. The number of piperazine rings is 1. The van der Waals surface area contributed by atoms with Gasteiger partial charge in [0.05, 0.1) is 12.0 Å². The maximum atomic E-state index is 12.9. The zero-order valence-corrected chi connectivity index (χ0v) is 18.3. The number of nitrogens with zero attached hydrogens (tertiary/aromatic N) is 2. The van der Waals surface area contributed by atoms with Gasteiger partial charge < -0.3 is 14.6 Å². The van der Waals surface area contributed by atoms with Crippen LogP contribution in [0.3, 0.4) is 0 Å². The summed E-state index contributed by atoms with van der Waals surface area (Å²) in [5.41, 5.74) is 1.05. The van der Waals surface area contributed by atoms with Crippen LogP contribution in [0, 0.1) is 0 Å². The lowest BCUT2D eigenvalue weighted by Gasteiger charge is -2.34. The number of carbonyl (C=O) groups is 1. The maximum Gasteiger partial charge on any atom is 0.261 e. The Morgan fingerprint density at radius 3 is 2.16 bits per heavy atom. The molecule has 2 heterocycles. The monoisotopic (exact) mass is 453 g/mol. The number of nitrogens with one attached hydrogen (secondary N) is 1. The van der Waals surface area contributed by atoms with Gasteiger partial charge in [-0.3, -0.25) is 9.59 Å². The zero-order chi connectivity index (χ0) is 22.7. The molecule has 2 aromatic carbocycles. The minimum atomic E-state index is -3.67. The second-order valence-electron chi connectivity index (χ2n) is 7.35. The number of H-pyrrole nitrogens is 1. The Balaban J connectivity index is 1.45. The first-order chi connectivity index (χ1) is 15.4. The Hall–Kier alpha value is -3.43. The molecule has 1 saturated heterocycles. The zero-order valence-electron chi connectivity index (χ0n) is 17.5. The van der Waals surface area contributed by atoms with Gasteiger partial charge in [0.25, 0.3) is 11.5 Å². The summed E-state index contributed by atoms with van der Waals surface area (Å²) >= 11 is 0. The molecular formula is C23H23N3O5S. The van der Waals surface area contributed by atoms with E-state index in [1.807, 2.05) is 30.3 Å². The molecule has 0 spiro atoms. The predicted molar refractivity (Wildman–Crippen MR) is 120 cm³/mol. The highest BCUT2D eigenvalue weighted by molar-refractivity contribution is 7.89. The van der Waals surface area contributed by atoms with Gasteiger partial charge in [0.15, 0.2) is 0 Å². The van der Waals surface area contributed by atoms with Crippen LogP contribution in [-0.2, 0) is 10.0 Å². The molecule has 1 amide bonds. The van der Waals surface area contributed by atoms with E-state index in [1.165, 1.54) is 34.5 Å². The minimum Gasteiger partial charge on any atom is -0.497 e. The quantitative estimate of drug-likeness (QED) is 0.639. The molecule has 0 atom stereocenters. The molecule has 1 aromatic heterocycles. The average Bonchev–Trinajstić information content (AvgIpc) is 2.84. The number of hydrogen-bond donors (Lipinski definition) is 1. The molecule has 9 heteroatoms. The third kappa shape index (κ3) is 4.30. The molecular weight excluding hydrogens is 430 g/mol. The Morgan fingerprint density at radius 1 is 0.906 bits per heavy atom. The topological polar surface area (TPSA) is 99.8 Å².